The normalized spacial score (nSPS) is 18.3. The Kier molecular flexibility index (Phi) is 5.09. The molecule has 1 N–H and O–H groups in total. The molecule has 0 radical (unpaired) electrons. The third-order valence-electron chi connectivity index (χ3n) is 3.29. The van der Waals surface area contributed by atoms with Gasteiger partial charge in [-0.15, -0.1) is 0 Å². The molecule has 1 fully saturated rings. The van der Waals surface area contributed by atoms with Crippen molar-refractivity contribution in [2.45, 2.75) is 33.6 Å². The average molecular weight is 212 g/mol. The Bertz CT molecular complexity index is 202. The number of amides is 1. The number of rotatable bonds is 6. The van der Waals surface area contributed by atoms with Crippen LogP contribution in [0.25, 0.3) is 0 Å². The van der Waals surface area contributed by atoms with E-state index in [1.807, 2.05) is 4.90 Å². The van der Waals surface area contributed by atoms with E-state index in [1.165, 1.54) is 0 Å². The van der Waals surface area contributed by atoms with Crippen LogP contribution in [0.2, 0.25) is 0 Å². The average Bonchev–Trinajstić information content (AvgIpc) is 2.19. The van der Waals surface area contributed by atoms with E-state index in [2.05, 4.69) is 26.1 Å². The van der Waals surface area contributed by atoms with Crippen LogP contribution in [0.4, 0.5) is 0 Å². The largest absolute Gasteiger partial charge is 0.343 e. The standard InChI is InChI=1S/C12H24N2O/c1-4-10(3)9-14(5-2)12(15)6-11-7-13-8-11/h10-11,13H,4-9H2,1-3H3. The lowest BCUT2D eigenvalue weighted by atomic mass is 9.98. The minimum atomic E-state index is 0.337. The van der Waals surface area contributed by atoms with Crippen LogP contribution in [0.5, 0.6) is 0 Å². The Balaban J connectivity index is 2.31. The number of nitrogens with zero attached hydrogens (tertiary/aromatic N) is 1. The SMILES string of the molecule is CCC(C)CN(CC)C(=O)CC1CNC1. The Morgan fingerprint density at radius 2 is 2.13 bits per heavy atom. The fourth-order valence-corrected chi connectivity index (χ4v) is 1.78. The Labute approximate surface area is 93.2 Å². The van der Waals surface area contributed by atoms with Gasteiger partial charge < -0.3 is 10.2 Å². The first kappa shape index (κ1) is 12.5. The van der Waals surface area contributed by atoms with E-state index in [9.17, 15) is 4.79 Å². The molecule has 0 bridgehead atoms. The fourth-order valence-electron chi connectivity index (χ4n) is 1.78. The molecular formula is C12H24N2O. The van der Waals surface area contributed by atoms with Crippen molar-refractivity contribution in [1.29, 1.82) is 0 Å². The molecule has 0 aliphatic carbocycles. The van der Waals surface area contributed by atoms with Crippen LogP contribution in [0.15, 0.2) is 0 Å². The van der Waals surface area contributed by atoms with E-state index in [0.29, 0.717) is 17.7 Å². The molecule has 1 saturated heterocycles. The van der Waals surface area contributed by atoms with Gasteiger partial charge in [-0.2, -0.15) is 0 Å². The number of carbonyl (C=O) groups excluding carboxylic acids is 1. The van der Waals surface area contributed by atoms with Gasteiger partial charge in [-0.3, -0.25) is 4.79 Å². The highest BCUT2D eigenvalue weighted by molar-refractivity contribution is 5.76. The van der Waals surface area contributed by atoms with Gasteiger partial charge in [0.2, 0.25) is 5.91 Å². The maximum atomic E-state index is 11.9. The van der Waals surface area contributed by atoms with E-state index in [4.69, 9.17) is 0 Å². The van der Waals surface area contributed by atoms with Crippen molar-refractivity contribution in [3.63, 3.8) is 0 Å². The van der Waals surface area contributed by atoms with Crippen molar-refractivity contribution in [2.24, 2.45) is 11.8 Å². The highest BCUT2D eigenvalue weighted by Gasteiger charge is 2.23. The highest BCUT2D eigenvalue weighted by Crippen LogP contribution is 2.12. The molecule has 0 aromatic rings. The summed E-state index contributed by atoms with van der Waals surface area (Å²) in [5.41, 5.74) is 0. The molecule has 1 aliphatic heterocycles. The number of hydrogen-bond acceptors (Lipinski definition) is 2. The monoisotopic (exact) mass is 212 g/mol. The van der Waals surface area contributed by atoms with Gasteiger partial charge in [0.1, 0.15) is 0 Å². The van der Waals surface area contributed by atoms with E-state index in [0.717, 1.165) is 39.0 Å². The molecule has 1 aliphatic rings. The van der Waals surface area contributed by atoms with Crippen molar-refractivity contribution >= 4 is 5.91 Å². The molecule has 0 spiro atoms. The van der Waals surface area contributed by atoms with Crippen LogP contribution in [0.3, 0.4) is 0 Å². The van der Waals surface area contributed by atoms with Crippen LogP contribution in [0.1, 0.15) is 33.6 Å². The molecule has 0 saturated carbocycles. The van der Waals surface area contributed by atoms with Gasteiger partial charge >= 0.3 is 0 Å². The van der Waals surface area contributed by atoms with Crippen LogP contribution < -0.4 is 5.32 Å². The minimum Gasteiger partial charge on any atom is -0.343 e. The first-order valence-electron chi connectivity index (χ1n) is 6.15. The van der Waals surface area contributed by atoms with Gasteiger partial charge in [0.05, 0.1) is 0 Å². The first-order valence-corrected chi connectivity index (χ1v) is 6.15. The smallest absolute Gasteiger partial charge is 0.222 e. The summed E-state index contributed by atoms with van der Waals surface area (Å²) in [6.07, 6.45) is 1.88. The van der Waals surface area contributed by atoms with Crippen LogP contribution in [-0.2, 0) is 4.79 Å². The first-order chi connectivity index (χ1) is 7.17. The van der Waals surface area contributed by atoms with Crippen molar-refractivity contribution in [2.75, 3.05) is 26.2 Å². The van der Waals surface area contributed by atoms with Crippen molar-refractivity contribution in [3.8, 4) is 0 Å². The molecule has 15 heavy (non-hydrogen) atoms. The van der Waals surface area contributed by atoms with Crippen LogP contribution in [-0.4, -0.2) is 37.0 Å². The second-order valence-corrected chi connectivity index (χ2v) is 4.67. The second kappa shape index (κ2) is 6.11. The Morgan fingerprint density at radius 1 is 1.47 bits per heavy atom. The predicted molar refractivity (Wildman–Crippen MR) is 62.7 cm³/mol. The lowest BCUT2D eigenvalue weighted by molar-refractivity contribution is -0.133. The summed E-state index contributed by atoms with van der Waals surface area (Å²) in [7, 11) is 0. The number of carbonyl (C=O) groups is 1. The molecule has 1 atom stereocenters. The zero-order chi connectivity index (χ0) is 11.3. The predicted octanol–water partition coefficient (Wildman–Crippen LogP) is 1.49. The van der Waals surface area contributed by atoms with Gasteiger partial charge in [0.15, 0.2) is 0 Å². The van der Waals surface area contributed by atoms with E-state index in [1.54, 1.807) is 0 Å². The summed E-state index contributed by atoms with van der Waals surface area (Å²) in [5, 5.41) is 3.20. The third-order valence-corrected chi connectivity index (χ3v) is 3.29. The van der Waals surface area contributed by atoms with E-state index in [-0.39, 0.29) is 0 Å². The fraction of sp³-hybridized carbons (Fsp3) is 0.917. The topological polar surface area (TPSA) is 32.3 Å². The van der Waals surface area contributed by atoms with E-state index >= 15 is 0 Å². The molecule has 0 aromatic heterocycles. The summed E-state index contributed by atoms with van der Waals surface area (Å²) in [5.74, 6) is 1.54. The van der Waals surface area contributed by atoms with Crippen LogP contribution in [0, 0.1) is 11.8 Å². The van der Waals surface area contributed by atoms with Gasteiger partial charge in [0.25, 0.3) is 0 Å². The van der Waals surface area contributed by atoms with Crippen LogP contribution >= 0.6 is 0 Å². The van der Waals surface area contributed by atoms with Gasteiger partial charge in [0, 0.05) is 19.5 Å². The quantitative estimate of drug-likeness (QED) is 0.723. The maximum Gasteiger partial charge on any atom is 0.222 e. The summed E-state index contributed by atoms with van der Waals surface area (Å²) in [6, 6.07) is 0. The maximum absolute atomic E-state index is 11.9. The Hall–Kier alpha value is -0.570. The zero-order valence-electron chi connectivity index (χ0n) is 10.3. The Morgan fingerprint density at radius 3 is 2.53 bits per heavy atom. The molecule has 0 aromatic carbocycles. The third kappa shape index (κ3) is 3.82. The second-order valence-electron chi connectivity index (χ2n) is 4.67. The molecule has 1 amide bonds. The van der Waals surface area contributed by atoms with Gasteiger partial charge in [-0.25, -0.2) is 0 Å². The molecule has 1 unspecified atom stereocenters. The lowest BCUT2D eigenvalue weighted by Gasteiger charge is -2.30. The lowest BCUT2D eigenvalue weighted by Crippen LogP contribution is -2.45. The summed E-state index contributed by atoms with van der Waals surface area (Å²) < 4.78 is 0. The molecule has 1 heterocycles. The van der Waals surface area contributed by atoms with Crippen molar-refractivity contribution in [3.05, 3.63) is 0 Å². The molecular weight excluding hydrogens is 188 g/mol. The van der Waals surface area contributed by atoms with E-state index < -0.39 is 0 Å². The molecule has 3 nitrogen and oxygen atoms in total. The van der Waals surface area contributed by atoms with Gasteiger partial charge in [-0.05, 0) is 31.8 Å². The highest BCUT2D eigenvalue weighted by atomic mass is 16.2. The van der Waals surface area contributed by atoms with Crippen molar-refractivity contribution in [1.82, 2.24) is 10.2 Å². The summed E-state index contributed by atoms with van der Waals surface area (Å²) in [4.78, 5) is 13.9. The number of nitrogens with one attached hydrogen (secondary N) is 1. The summed E-state index contributed by atoms with van der Waals surface area (Å²) >= 11 is 0. The molecule has 1 rings (SSSR count). The minimum absolute atomic E-state index is 0.337. The summed E-state index contributed by atoms with van der Waals surface area (Å²) in [6.45, 7) is 10.3. The molecule has 88 valence electrons. The van der Waals surface area contributed by atoms with Gasteiger partial charge in [-0.1, -0.05) is 20.3 Å². The zero-order valence-corrected chi connectivity index (χ0v) is 10.3. The molecule has 3 heteroatoms. The van der Waals surface area contributed by atoms with Crippen molar-refractivity contribution < 1.29 is 4.79 Å². The number of hydrogen-bond donors (Lipinski definition) is 1.